The molecule has 1 atom stereocenters. The lowest BCUT2D eigenvalue weighted by molar-refractivity contribution is -0.119. The van der Waals surface area contributed by atoms with Gasteiger partial charge in [0, 0.05) is 51.8 Å². The molecule has 28 heavy (non-hydrogen) atoms. The number of anilines is 2. The normalized spacial score (nSPS) is 20.4. The smallest absolute Gasteiger partial charge is 0.414 e. The van der Waals surface area contributed by atoms with E-state index in [-0.39, 0.29) is 37.0 Å². The van der Waals surface area contributed by atoms with Gasteiger partial charge < -0.3 is 20.1 Å². The lowest BCUT2D eigenvalue weighted by Gasteiger charge is -2.36. The fourth-order valence-corrected chi connectivity index (χ4v) is 3.44. The Kier molecular flexibility index (Phi) is 6.30. The predicted octanol–water partition coefficient (Wildman–Crippen LogP) is 0.540. The lowest BCUT2D eigenvalue weighted by atomic mass is 10.2. The van der Waals surface area contributed by atoms with Crippen molar-refractivity contribution in [1.29, 1.82) is 0 Å². The van der Waals surface area contributed by atoms with Crippen LogP contribution in [0.5, 0.6) is 0 Å². The monoisotopic (exact) mass is 398 g/mol. The highest BCUT2D eigenvalue weighted by Gasteiger charge is 2.34. The van der Waals surface area contributed by atoms with E-state index in [4.69, 9.17) is 9.84 Å². The number of rotatable bonds is 6. The number of β-amino-alcohol motifs (C(OH)–C–C–N with tert-alkyl or cyclic N) is 1. The molecule has 1 aromatic rings. The summed E-state index contributed by atoms with van der Waals surface area (Å²) in [4.78, 5) is 27.8. The number of benzene rings is 1. The Morgan fingerprint density at radius 3 is 2.46 bits per heavy atom. The molecule has 1 aromatic carbocycles. The van der Waals surface area contributed by atoms with Crippen molar-refractivity contribution >= 4 is 23.4 Å². The third-order valence-electron chi connectivity index (χ3n) is 4.87. The van der Waals surface area contributed by atoms with Gasteiger partial charge in [-0.05, 0) is 0 Å². The fourth-order valence-electron chi connectivity index (χ4n) is 3.44. The molecule has 1 unspecified atom stereocenters. The lowest BCUT2D eigenvalue weighted by Crippen LogP contribution is -2.47. The number of hydrogen-bond acceptors (Lipinski definition) is 6. The number of amides is 2. The van der Waals surface area contributed by atoms with E-state index in [0.717, 1.165) is 17.0 Å². The number of nitrogens with zero attached hydrogens (tertiary/aromatic N) is 3. The fraction of sp³-hybridized carbons (Fsp3) is 0.556. The van der Waals surface area contributed by atoms with E-state index in [2.05, 4.69) is 5.32 Å². The van der Waals surface area contributed by atoms with Crippen LogP contribution in [0.4, 0.5) is 25.0 Å². The maximum Gasteiger partial charge on any atom is 0.414 e. The number of aliphatic hydroxyl groups is 1. The molecular weight excluding hydrogens is 374 g/mol. The van der Waals surface area contributed by atoms with Crippen molar-refractivity contribution in [3.05, 3.63) is 23.8 Å². The molecule has 10 heteroatoms. The quantitative estimate of drug-likeness (QED) is 0.728. The molecule has 8 nitrogen and oxygen atoms in total. The first-order chi connectivity index (χ1) is 13.4. The Hall–Kier alpha value is -2.46. The van der Waals surface area contributed by atoms with Crippen LogP contribution in [-0.2, 0) is 9.53 Å². The van der Waals surface area contributed by atoms with E-state index in [0.29, 0.717) is 32.7 Å². The van der Waals surface area contributed by atoms with Gasteiger partial charge in [0.1, 0.15) is 11.8 Å². The number of carbonyl (C=O) groups excluding carboxylic acids is 2. The Balaban J connectivity index is 1.70. The van der Waals surface area contributed by atoms with E-state index in [9.17, 15) is 18.4 Å². The summed E-state index contributed by atoms with van der Waals surface area (Å²) in [5, 5.41) is 11.5. The number of ether oxygens (including phenoxy) is 1. The summed E-state index contributed by atoms with van der Waals surface area (Å²) in [6, 6.07) is 2.25. The summed E-state index contributed by atoms with van der Waals surface area (Å²) >= 11 is 0. The highest BCUT2D eigenvalue weighted by Crippen LogP contribution is 2.31. The van der Waals surface area contributed by atoms with Gasteiger partial charge in [0.2, 0.25) is 5.91 Å². The van der Waals surface area contributed by atoms with Gasteiger partial charge in [0.15, 0.2) is 11.6 Å². The second-order valence-corrected chi connectivity index (χ2v) is 6.86. The summed E-state index contributed by atoms with van der Waals surface area (Å²) in [6.07, 6.45) is -1.29. The van der Waals surface area contributed by atoms with Crippen molar-refractivity contribution in [3.63, 3.8) is 0 Å². The standard InChI is InChI=1S/C18H24F2N4O4/c1-12(26)21-10-14-11-24(18(27)28-14)13-8-15(19)17(16(20)9-13)23-4-2-22(3-5-23)6-7-25/h8-9,14,25H,2-7,10-11H2,1H3,(H,21,26). The first-order valence-electron chi connectivity index (χ1n) is 9.19. The second-order valence-electron chi connectivity index (χ2n) is 6.86. The maximum absolute atomic E-state index is 14.7. The number of nitrogens with one attached hydrogen (secondary N) is 1. The molecule has 0 radical (unpaired) electrons. The van der Waals surface area contributed by atoms with Gasteiger partial charge in [-0.3, -0.25) is 14.6 Å². The topological polar surface area (TPSA) is 85.4 Å². The molecule has 0 aromatic heterocycles. The minimum atomic E-state index is -0.747. The zero-order valence-corrected chi connectivity index (χ0v) is 15.7. The van der Waals surface area contributed by atoms with E-state index in [1.807, 2.05) is 4.90 Å². The first-order valence-corrected chi connectivity index (χ1v) is 9.19. The number of halogens is 2. The molecule has 2 amide bonds. The Labute approximate surface area is 161 Å². The van der Waals surface area contributed by atoms with Crippen LogP contribution < -0.4 is 15.1 Å². The summed E-state index contributed by atoms with van der Waals surface area (Å²) in [6.45, 7) is 4.25. The number of piperazine rings is 1. The number of carbonyl (C=O) groups is 2. The van der Waals surface area contributed by atoms with E-state index >= 15 is 0 Å². The molecule has 2 saturated heterocycles. The average molecular weight is 398 g/mol. The van der Waals surface area contributed by atoms with Crippen LogP contribution in [0.1, 0.15) is 6.92 Å². The van der Waals surface area contributed by atoms with Crippen LogP contribution in [0.25, 0.3) is 0 Å². The molecular formula is C18H24F2N4O4. The number of cyclic esters (lactones) is 1. The Morgan fingerprint density at radius 2 is 1.89 bits per heavy atom. The molecule has 3 rings (SSSR count). The summed E-state index contributed by atoms with van der Waals surface area (Å²) in [5.41, 5.74) is -0.0391. The van der Waals surface area contributed by atoms with Crippen LogP contribution in [0, 0.1) is 11.6 Å². The predicted molar refractivity (Wildman–Crippen MR) is 98.4 cm³/mol. The summed E-state index contributed by atoms with van der Waals surface area (Å²) in [7, 11) is 0. The Bertz CT molecular complexity index is 717. The van der Waals surface area contributed by atoms with Gasteiger partial charge in [-0.1, -0.05) is 0 Å². The Morgan fingerprint density at radius 1 is 1.25 bits per heavy atom. The van der Waals surface area contributed by atoms with Crippen molar-refractivity contribution < 1.29 is 28.2 Å². The van der Waals surface area contributed by atoms with Crippen LogP contribution in [-0.4, -0.2) is 80.5 Å². The van der Waals surface area contributed by atoms with Crippen LogP contribution in [0.15, 0.2) is 12.1 Å². The third-order valence-corrected chi connectivity index (χ3v) is 4.87. The highest BCUT2D eigenvalue weighted by molar-refractivity contribution is 5.90. The molecule has 0 aliphatic carbocycles. The van der Waals surface area contributed by atoms with Gasteiger partial charge >= 0.3 is 6.09 Å². The molecule has 2 N–H and O–H groups in total. The zero-order valence-electron chi connectivity index (χ0n) is 15.7. The van der Waals surface area contributed by atoms with Crippen LogP contribution in [0.3, 0.4) is 0 Å². The van der Waals surface area contributed by atoms with Gasteiger partial charge in [0.25, 0.3) is 0 Å². The van der Waals surface area contributed by atoms with E-state index < -0.39 is 23.8 Å². The van der Waals surface area contributed by atoms with Crippen molar-refractivity contribution in [3.8, 4) is 0 Å². The molecule has 0 spiro atoms. The third kappa shape index (κ3) is 4.50. The second kappa shape index (κ2) is 8.70. The maximum atomic E-state index is 14.7. The summed E-state index contributed by atoms with van der Waals surface area (Å²) in [5.74, 6) is -1.75. The summed E-state index contributed by atoms with van der Waals surface area (Å²) < 4.78 is 34.5. The zero-order chi connectivity index (χ0) is 20.3. The highest BCUT2D eigenvalue weighted by atomic mass is 19.1. The van der Waals surface area contributed by atoms with Crippen molar-refractivity contribution in [2.24, 2.45) is 0 Å². The molecule has 154 valence electrons. The largest absolute Gasteiger partial charge is 0.442 e. The number of hydrogen-bond donors (Lipinski definition) is 2. The van der Waals surface area contributed by atoms with Gasteiger partial charge in [-0.25, -0.2) is 13.6 Å². The van der Waals surface area contributed by atoms with Crippen LogP contribution in [0.2, 0.25) is 0 Å². The van der Waals surface area contributed by atoms with E-state index in [1.54, 1.807) is 4.90 Å². The van der Waals surface area contributed by atoms with Crippen LogP contribution >= 0.6 is 0 Å². The molecule has 2 heterocycles. The SMILES string of the molecule is CC(=O)NCC1CN(c2cc(F)c(N3CCN(CCO)CC3)c(F)c2)C(=O)O1. The van der Waals surface area contributed by atoms with Gasteiger partial charge in [-0.2, -0.15) is 0 Å². The minimum absolute atomic E-state index is 0.0479. The number of aliphatic hydroxyl groups excluding tert-OH is 1. The average Bonchev–Trinajstić information content (AvgIpc) is 3.02. The molecule has 2 aliphatic rings. The molecule has 0 saturated carbocycles. The molecule has 0 bridgehead atoms. The van der Waals surface area contributed by atoms with Crippen molar-refractivity contribution in [1.82, 2.24) is 10.2 Å². The van der Waals surface area contributed by atoms with Crippen molar-refractivity contribution in [2.45, 2.75) is 13.0 Å². The minimum Gasteiger partial charge on any atom is -0.442 e. The van der Waals surface area contributed by atoms with Gasteiger partial charge in [0.05, 0.1) is 25.4 Å². The van der Waals surface area contributed by atoms with E-state index in [1.165, 1.54) is 6.92 Å². The van der Waals surface area contributed by atoms with Crippen molar-refractivity contribution in [2.75, 3.05) is 62.2 Å². The first kappa shape index (κ1) is 20.3. The molecule has 2 aliphatic heterocycles. The van der Waals surface area contributed by atoms with Gasteiger partial charge in [-0.15, -0.1) is 0 Å². The molecule has 2 fully saturated rings.